The summed E-state index contributed by atoms with van der Waals surface area (Å²) in [5.74, 6) is -0.0334. The van der Waals surface area contributed by atoms with Gasteiger partial charge in [0.05, 0.1) is 11.1 Å². The van der Waals surface area contributed by atoms with Gasteiger partial charge in [0.2, 0.25) is 5.88 Å². The summed E-state index contributed by atoms with van der Waals surface area (Å²) in [6, 6.07) is 5.73. The Morgan fingerprint density at radius 3 is 2.55 bits per heavy atom. The second-order valence-electron chi connectivity index (χ2n) is 8.49. The predicted octanol–water partition coefficient (Wildman–Crippen LogP) is 6.54. The molecule has 1 aliphatic heterocycles. The number of halogens is 4. The minimum absolute atomic E-state index is 0.0469. The highest BCUT2D eigenvalue weighted by molar-refractivity contribution is 6.31. The lowest BCUT2D eigenvalue weighted by Crippen LogP contribution is -2.36. The molecule has 1 saturated heterocycles. The summed E-state index contributed by atoms with van der Waals surface area (Å²) in [7, 11) is 0. The molecular weight excluding hydrogens is 459 g/mol. The Balaban J connectivity index is 1.67. The number of pyridine rings is 1. The number of ether oxygens (including phenoxy) is 2. The molecule has 1 aromatic carbocycles. The molecule has 0 atom stereocenters. The van der Waals surface area contributed by atoms with E-state index in [2.05, 4.69) is 4.98 Å². The lowest BCUT2D eigenvalue weighted by Gasteiger charge is -2.39. The summed E-state index contributed by atoms with van der Waals surface area (Å²) in [6.07, 6.45) is -1.14. The largest absolute Gasteiger partial charge is 0.512 e. The Morgan fingerprint density at radius 2 is 1.94 bits per heavy atom. The number of carbonyl (C=O) groups is 1. The molecule has 1 spiro atoms. The average molecular weight is 482 g/mol. The third-order valence-corrected chi connectivity index (χ3v) is 6.55. The van der Waals surface area contributed by atoms with Gasteiger partial charge in [-0.1, -0.05) is 24.6 Å². The zero-order chi connectivity index (χ0) is 23.8. The molecule has 2 aromatic rings. The number of benzene rings is 1. The third kappa shape index (κ3) is 4.87. The fourth-order valence-corrected chi connectivity index (χ4v) is 4.69. The van der Waals surface area contributed by atoms with E-state index in [0.29, 0.717) is 44.2 Å². The molecule has 0 saturated carbocycles. The number of rotatable bonds is 4. The molecule has 176 valence electrons. The highest BCUT2D eigenvalue weighted by Gasteiger charge is 2.42. The molecule has 5 nitrogen and oxygen atoms in total. The molecule has 1 aliphatic carbocycles. The van der Waals surface area contributed by atoms with Gasteiger partial charge in [0.25, 0.3) is 0 Å². The van der Waals surface area contributed by atoms with Crippen molar-refractivity contribution in [3.63, 3.8) is 0 Å². The number of alkyl halides is 3. The molecule has 0 radical (unpaired) electrons. The van der Waals surface area contributed by atoms with E-state index < -0.39 is 11.7 Å². The van der Waals surface area contributed by atoms with Crippen LogP contribution in [0.5, 0.6) is 11.6 Å². The van der Waals surface area contributed by atoms with Crippen molar-refractivity contribution >= 4 is 23.0 Å². The van der Waals surface area contributed by atoms with E-state index in [-0.39, 0.29) is 39.2 Å². The predicted molar refractivity (Wildman–Crippen MR) is 116 cm³/mol. The maximum atomic E-state index is 13.2. The molecule has 1 aromatic heterocycles. The van der Waals surface area contributed by atoms with Gasteiger partial charge in [-0.2, -0.15) is 13.2 Å². The van der Waals surface area contributed by atoms with Crippen molar-refractivity contribution in [2.24, 2.45) is 5.41 Å². The van der Waals surface area contributed by atoms with E-state index in [9.17, 15) is 23.1 Å². The van der Waals surface area contributed by atoms with Crippen molar-refractivity contribution in [3.8, 4) is 11.6 Å². The number of nitrogens with zero attached hydrogens (tertiary/aromatic N) is 1. The standard InChI is InChI=1S/C24H23ClF3NO4/c1-2-14-3-4-16(33-22-18(25)9-15(13-29-22)24(26,27)28)10-17(14)21-19(30)11-23(12-20(21)31)5-7-32-8-6-23/h3-4,9-10,13,30H,2,5-8,11-12H2,1H3. The van der Waals surface area contributed by atoms with E-state index in [1.165, 1.54) is 0 Å². The molecule has 4 rings (SSSR count). The zero-order valence-corrected chi connectivity index (χ0v) is 18.7. The highest BCUT2D eigenvalue weighted by atomic mass is 35.5. The van der Waals surface area contributed by atoms with Crippen LogP contribution in [-0.4, -0.2) is 29.1 Å². The van der Waals surface area contributed by atoms with E-state index in [0.717, 1.165) is 24.5 Å². The van der Waals surface area contributed by atoms with Crippen LogP contribution in [-0.2, 0) is 22.1 Å². The van der Waals surface area contributed by atoms with Crippen LogP contribution in [0.1, 0.15) is 49.3 Å². The second-order valence-corrected chi connectivity index (χ2v) is 8.90. The normalized spacial score (nSPS) is 18.6. The van der Waals surface area contributed by atoms with Crippen LogP contribution in [0, 0.1) is 5.41 Å². The van der Waals surface area contributed by atoms with E-state index in [1.54, 1.807) is 18.2 Å². The van der Waals surface area contributed by atoms with Gasteiger partial charge in [0, 0.05) is 32.3 Å². The van der Waals surface area contributed by atoms with Gasteiger partial charge in [-0.3, -0.25) is 4.79 Å². The molecular formula is C24H23ClF3NO4. The van der Waals surface area contributed by atoms with Crippen LogP contribution in [0.3, 0.4) is 0 Å². The number of ketones is 1. The van der Waals surface area contributed by atoms with Crippen LogP contribution in [0.25, 0.3) is 5.57 Å². The number of Topliss-reactive ketones (excluding diaryl/α,β-unsaturated/α-hetero) is 1. The molecule has 0 bridgehead atoms. The summed E-state index contributed by atoms with van der Waals surface area (Å²) in [6.45, 7) is 3.07. The van der Waals surface area contributed by atoms with Crippen molar-refractivity contribution in [3.05, 3.63) is 57.9 Å². The van der Waals surface area contributed by atoms with Gasteiger partial charge in [-0.15, -0.1) is 0 Å². The first-order chi connectivity index (χ1) is 15.6. The number of hydrogen-bond donors (Lipinski definition) is 1. The molecule has 2 heterocycles. The third-order valence-electron chi connectivity index (χ3n) is 6.28. The summed E-state index contributed by atoms with van der Waals surface area (Å²) in [5.41, 5.74) is 0.392. The number of aromatic nitrogens is 1. The van der Waals surface area contributed by atoms with Crippen LogP contribution >= 0.6 is 11.6 Å². The van der Waals surface area contributed by atoms with Gasteiger partial charge in [0.15, 0.2) is 5.78 Å². The quantitative estimate of drug-likeness (QED) is 0.537. The topological polar surface area (TPSA) is 68.7 Å². The summed E-state index contributed by atoms with van der Waals surface area (Å²) >= 11 is 5.96. The minimum atomic E-state index is -4.57. The molecule has 0 unspecified atom stereocenters. The maximum Gasteiger partial charge on any atom is 0.417 e. The lowest BCUT2D eigenvalue weighted by atomic mass is 9.67. The average Bonchev–Trinajstić information content (AvgIpc) is 2.74. The number of hydrogen-bond acceptors (Lipinski definition) is 5. The van der Waals surface area contributed by atoms with Gasteiger partial charge in [0.1, 0.15) is 16.5 Å². The number of aliphatic hydroxyl groups is 1. The van der Waals surface area contributed by atoms with Crippen LogP contribution in [0.15, 0.2) is 36.2 Å². The van der Waals surface area contributed by atoms with Crippen molar-refractivity contribution in [1.29, 1.82) is 0 Å². The maximum absolute atomic E-state index is 13.2. The Morgan fingerprint density at radius 1 is 1.21 bits per heavy atom. The monoisotopic (exact) mass is 481 g/mol. The zero-order valence-electron chi connectivity index (χ0n) is 18.0. The number of allylic oxidation sites excluding steroid dienone is 2. The Kier molecular flexibility index (Phi) is 6.42. The Hall–Kier alpha value is -2.58. The van der Waals surface area contributed by atoms with Crippen molar-refractivity contribution in [2.75, 3.05) is 13.2 Å². The smallest absolute Gasteiger partial charge is 0.417 e. The van der Waals surface area contributed by atoms with Crippen molar-refractivity contribution in [1.82, 2.24) is 4.98 Å². The van der Waals surface area contributed by atoms with Gasteiger partial charge >= 0.3 is 6.18 Å². The molecule has 1 N–H and O–H groups in total. The first-order valence-corrected chi connectivity index (χ1v) is 11.1. The molecule has 9 heteroatoms. The second kappa shape index (κ2) is 8.99. The first-order valence-electron chi connectivity index (χ1n) is 10.7. The van der Waals surface area contributed by atoms with Gasteiger partial charge in [-0.25, -0.2) is 4.98 Å². The van der Waals surface area contributed by atoms with E-state index in [4.69, 9.17) is 21.1 Å². The number of carbonyl (C=O) groups excluding carboxylic acids is 1. The lowest BCUT2D eigenvalue weighted by molar-refractivity contribution is -0.137. The molecule has 1 fully saturated rings. The summed E-state index contributed by atoms with van der Waals surface area (Å²) < 4.78 is 49.7. The van der Waals surface area contributed by atoms with Gasteiger partial charge in [-0.05, 0) is 54.0 Å². The fourth-order valence-electron chi connectivity index (χ4n) is 4.49. The van der Waals surface area contributed by atoms with Crippen LogP contribution in [0.2, 0.25) is 5.02 Å². The minimum Gasteiger partial charge on any atom is -0.512 e. The number of aliphatic hydroxyl groups excluding tert-OH is 1. The molecule has 2 aliphatic rings. The fraction of sp³-hybridized carbons (Fsp3) is 0.417. The van der Waals surface area contributed by atoms with E-state index in [1.807, 2.05) is 6.92 Å². The first kappa shape index (κ1) is 23.6. The van der Waals surface area contributed by atoms with E-state index >= 15 is 0 Å². The van der Waals surface area contributed by atoms with Crippen LogP contribution in [0.4, 0.5) is 13.2 Å². The van der Waals surface area contributed by atoms with Crippen molar-refractivity contribution in [2.45, 2.75) is 45.2 Å². The molecule has 0 amide bonds. The highest BCUT2D eigenvalue weighted by Crippen LogP contribution is 2.47. The van der Waals surface area contributed by atoms with Crippen molar-refractivity contribution < 1.29 is 32.5 Å². The Bertz CT molecular complexity index is 1110. The number of aryl methyl sites for hydroxylation is 1. The summed E-state index contributed by atoms with van der Waals surface area (Å²) in [4.78, 5) is 16.9. The summed E-state index contributed by atoms with van der Waals surface area (Å²) in [5, 5.41) is 10.6. The molecule has 33 heavy (non-hydrogen) atoms. The van der Waals surface area contributed by atoms with Crippen LogP contribution < -0.4 is 4.74 Å². The SMILES string of the molecule is CCc1ccc(Oc2ncc(C(F)(F)F)cc2Cl)cc1C1=C(O)CC2(CCOCC2)CC1=O. The Labute approximate surface area is 194 Å². The van der Waals surface area contributed by atoms with Gasteiger partial charge < -0.3 is 14.6 Å².